The molecule has 2 rings (SSSR count). The highest BCUT2D eigenvalue weighted by atomic mass is 16.1. The Morgan fingerprint density at radius 1 is 1.26 bits per heavy atom. The van der Waals surface area contributed by atoms with Crippen molar-refractivity contribution in [2.45, 2.75) is 52.0 Å². The molecule has 0 aromatic carbocycles. The molecule has 0 aliphatic rings. The second-order valence-corrected chi connectivity index (χ2v) is 5.66. The average Bonchev–Trinajstić information content (AvgIpc) is 2.86. The summed E-state index contributed by atoms with van der Waals surface area (Å²) in [7, 11) is 0. The highest BCUT2D eigenvalue weighted by Crippen LogP contribution is 2.17. The van der Waals surface area contributed by atoms with Gasteiger partial charge in [-0.05, 0) is 6.42 Å². The second kappa shape index (κ2) is 8.39. The number of hydrogen-bond donors (Lipinski definition) is 3. The molecule has 2 heterocycles. The van der Waals surface area contributed by atoms with Crippen molar-refractivity contribution in [1.29, 1.82) is 0 Å². The maximum Gasteiger partial charge on any atom is 0.263 e. The highest BCUT2D eigenvalue weighted by Gasteiger charge is 2.13. The molecule has 0 saturated carbocycles. The molecule has 0 aliphatic carbocycles. The van der Waals surface area contributed by atoms with Gasteiger partial charge in [-0.2, -0.15) is 4.98 Å². The summed E-state index contributed by atoms with van der Waals surface area (Å²) in [5.41, 5.74) is 12.1. The number of rotatable bonds is 7. The second-order valence-electron chi connectivity index (χ2n) is 5.66. The third-order valence-electron chi connectivity index (χ3n) is 3.82. The summed E-state index contributed by atoms with van der Waals surface area (Å²) in [4.78, 5) is 19.0. The molecule has 23 heavy (non-hydrogen) atoms. The largest absolute Gasteiger partial charge is 0.369 e. The molecule has 0 unspecified atom stereocenters. The predicted molar refractivity (Wildman–Crippen MR) is 94.1 cm³/mol. The first-order chi connectivity index (χ1) is 11.2. The van der Waals surface area contributed by atoms with Gasteiger partial charge in [0.25, 0.3) is 5.56 Å². The van der Waals surface area contributed by atoms with E-state index in [4.69, 9.17) is 11.5 Å². The minimum atomic E-state index is -0.254. The van der Waals surface area contributed by atoms with E-state index in [-0.39, 0.29) is 18.1 Å². The van der Waals surface area contributed by atoms with Crippen LogP contribution in [-0.2, 0) is 6.54 Å². The van der Waals surface area contributed by atoms with E-state index in [9.17, 15) is 4.79 Å². The molecule has 124 valence electrons. The number of unbranched alkanes of at least 4 members (excludes halogenated alkanes) is 5. The molecule has 5 N–H and O–H groups in total. The summed E-state index contributed by atoms with van der Waals surface area (Å²) in [5, 5.41) is 0.492. The molecular formula is C17H25N5O. The Morgan fingerprint density at radius 2 is 2.00 bits per heavy atom. The number of aromatic amines is 1. The third-order valence-corrected chi connectivity index (χ3v) is 3.82. The van der Waals surface area contributed by atoms with Gasteiger partial charge in [0.15, 0.2) is 5.65 Å². The minimum absolute atomic E-state index is 0.128. The summed E-state index contributed by atoms with van der Waals surface area (Å²) in [6.45, 7) is 3.27. The van der Waals surface area contributed by atoms with E-state index in [0.29, 0.717) is 16.6 Å². The summed E-state index contributed by atoms with van der Waals surface area (Å²) in [6, 6.07) is 0. The van der Waals surface area contributed by atoms with Crippen LogP contribution in [0.2, 0.25) is 0 Å². The molecule has 2 aromatic heterocycles. The Bertz CT molecular complexity index is 763. The van der Waals surface area contributed by atoms with Gasteiger partial charge in [-0.15, -0.1) is 0 Å². The minimum Gasteiger partial charge on any atom is -0.369 e. The highest BCUT2D eigenvalue weighted by molar-refractivity contribution is 5.83. The fourth-order valence-corrected chi connectivity index (χ4v) is 2.68. The molecular weight excluding hydrogens is 290 g/mol. The molecule has 2 aromatic rings. The van der Waals surface area contributed by atoms with E-state index >= 15 is 0 Å². The number of nitrogens with two attached hydrogens (primary N) is 2. The van der Waals surface area contributed by atoms with Gasteiger partial charge in [-0.3, -0.25) is 9.78 Å². The van der Waals surface area contributed by atoms with Crippen LogP contribution in [0.4, 0.5) is 5.95 Å². The van der Waals surface area contributed by atoms with Gasteiger partial charge in [0, 0.05) is 12.7 Å². The zero-order valence-electron chi connectivity index (χ0n) is 13.7. The van der Waals surface area contributed by atoms with Gasteiger partial charge >= 0.3 is 0 Å². The van der Waals surface area contributed by atoms with E-state index in [1.807, 2.05) is 10.8 Å². The van der Waals surface area contributed by atoms with Crippen molar-refractivity contribution >= 4 is 17.0 Å². The first-order valence-electron chi connectivity index (χ1n) is 8.25. The van der Waals surface area contributed by atoms with Crippen LogP contribution in [0, 0.1) is 11.8 Å². The van der Waals surface area contributed by atoms with Gasteiger partial charge in [0.05, 0.1) is 17.5 Å². The Hall–Kier alpha value is -2.26. The van der Waals surface area contributed by atoms with Gasteiger partial charge in [-0.25, -0.2) is 0 Å². The van der Waals surface area contributed by atoms with Crippen molar-refractivity contribution in [1.82, 2.24) is 14.5 Å². The Kier molecular flexibility index (Phi) is 6.24. The van der Waals surface area contributed by atoms with Crippen molar-refractivity contribution in [2.75, 3.05) is 12.3 Å². The maximum absolute atomic E-state index is 12.2. The smallest absolute Gasteiger partial charge is 0.263 e. The fraction of sp³-hybridized carbons (Fsp3) is 0.529. The Labute approximate surface area is 136 Å². The van der Waals surface area contributed by atoms with Crippen molar-refractivity contribution in [3.8, 4) is 11.8 Å². The zero-order valence-corrected chi connectivity index (χ0v) is 13.7. The van der Waals surface area contributed by atoms with E-state index in [1.165, 1.54) is 32.1 Å². The molecule has 6 heteroatoms. The van der Waals surface area contributed by atoms with E-state index in [0.717, 1.165) is 13.0 Å². The summed E-state index contributed by atoms with van der Waals surface area (Å²) < 4.78 is 1.97. The number of H-pyrrole nitrogens is 1. The molecule has 0 radical (unpaired) electrons. The molecule has 0 fully saturated rings. The molecule has 6 nitrogen and oxygen atoms in total. The number of nitrogens with one attached hydrogen (secondary N) is 1. The number of fused-ring (bicyclic) bond motifs is 1. The van der Waals surface area contributed by atoms with Crippen molar-refractivity contribution in [3.05, 3.63) is 22.1 Å². The van der Waals surface area contributed by atoms with Gasteiger partial charge < -0.3 is 16.0 Å². The number of anilines is 1. The molecule has 0 atom stereocenters. The molecule has 0 bridgehead atoms. The standard InChI is InChI=1S/C17H25N5O/c1-2-3-4-5-6-7-11-22-12-13(9-8-10-18)14-15(22)20-17(19)21-16(14)23/h12H,2-7,10-11,18H2,1H3,(H3,19,20,21,23). The number of hydrogen-bond acceptors (Lipinski definition) is 4. The fourth-order valence-electron chi connectivity index (χ4n) is 2.68. The quantitative estimate of drug-likeness (QED) is 0.537. The Balaban J connectivity index is 2.20. The lowest BCUT2D eigenvalue weighted by atomic mass is 10.1. The maximum atomic E-state index is 12.2. The number of aromatic nitrogens is 3. The zero-order chi connectivity index (χ0) is 16.7. The Morgan fingerprint density at radius 3 is 2.74 bits per heavy atom. The van der Waals surface area contributed by atoms with Crippen LogP contribution >= 0.6 is 0 Å². The lowest BCUT2D eigenvalue weighted by Gasteiger charge is -2.05. The summed E-state index contributed by atoms with van der Waals surface area (Å²) in [5.74, 6) is 5.87. The van der Waals surface area contributed by atoms with E-state index in [2.05, 4.69) is 28.7 Å². The van der Waals surface area contributed by atoms with Crippen molar-refractivity contribution in [3.63, 3.8) is 0 Å². The lowest BCUT2D eigenvalue weighted by molar-refractivity contribution is 0.564. The number of aryl methyl sites for hydroxylation is 1. The summed E-state index contributed by atoms with van der Waals surface area (Å²) >= 11 is 0. The van der Waals surface area contributed by atoms with Crippen LogP contribution in [0.5, 0.6) is 0 Å². The van der Waals surface area contributed by atoms with Gasteiger partial charge in [0.1, 0.15) is 0 Å². The molecule has 0 amide bonds. The van der Waals surface area contributed by atoms with E-state index < -0.39 is 0 Å². The number of nitrogens with zero attached hydrogens (tertiary/aromatic N) is 2. The topological polar surface area (TPSA) is 103 Å². The van der Waals surface area contributed by atoms with Crippen molar-refractivity contribution in [2.24, 2.45) is 5.73 Å². The molecule has 0 spiro atoms. The van der Waals surface area contributed by atoms with Crippen molar-refractivity contribution < 1.29 is 0 Å². The first-order valence-corrected chi connectivity index (χ1v) is 8.25. The molecule has 0 aliphatic heterocycles. The average molecular weight is 315 g/mol. The number of nitrogen functional groups attached to an aromatic ring is 1. The van der Waals surface area contributed by atoms with Crippen LogP contribution in [0.15, 0.2) is 11.0 Å². The van der Waals surface area contributed by atoms with E-state index in [1.54, 1.807) is 0 Å². The van der Waals surface area contributed by atoms with Crippen LogP contribution in [0.25, 0.3) is 11.0 Å². The lowest BCUT2D eigenvalue weighted by Crippen LogP contribution is -2.12. The normalized spacial score (nSPS) is 10.7. The SMILES string of the molecule is CCCCCCCCn1cc(C#CCN)c2c(=O)[nH]c(N)nc21. The van der Waals surface area contributed by atoms with Crippen LogP contribution in [-0.4, -0.2) is 21.1 Å². The van der Waals surface area contributed by atoms with Gasteiger partial charge in [-0.1, -0.05) is 50.9 Å². The molecule has 0 saturated heterocycles. The first kappa shape index (κ1) is 17.1. The van der Waals surface area contributed by atoms with Crippen LogP contribution in [0.1, 0.15) is 51.0 Å². The van der Waals surface area contributed by atoms with Crippen LogP contribution in [0.3, 0.4) is 0 Å². The predicted octanol–water partition coefficient (Wildman–Crippen LogP) is 1.98. The summed E-state index contributed by atoms with van der Waals surface area (Å²) in [6.07, 6.45) is 9.15. The third kappa shape index (κ3) is 4.36. The van der Waals surface area contributed by atoms with Crippen LogP contribution < -0.4 is 17.0 Å². The van der Waals surface area contributed by atoms with Gasteiger partial charge in [0.2, 0.25) is 5.95 Å². The monoisotopic (exact) mass is 315 g/mol.